The molecule has 24 heavy (non-hydrogen) atoms. The summed E-state index contributed by atoms with van der Waals surface area (Å²) in [6.07, 6.45) is 1.46. The van der Waals surface area contributed by atoms with E-state index in [4.69, 9.17) is 4.74 Å². The fourth-order valence-corrected chi connectivity index (χ4v) is 3.05. The van der Waals surface area contributed by atoms with Crippen molar-refractivity contribution in [2.75, 3.05) is 16.8 Å². The molecule has 1 fully saturated rings. The molecule has 1 saturated heterocycles. The van der Waals surface area contributed by atoms with Gasteiger partial charge in [-0.05, 0) is 63.1 Å². The van der Waals surface area contributed by atoms with Crippen LogP contribution >= 0.6 is 0 Å². The number of carbonyl (C=O) groups excluding carboxylic acids is 1. The fourth-order valence-electron chi connectivity index (χ4n) is 3.05. The van der Waals surface area contributed by atoms with Gasteiger partial charge in [-0.3, -0.25) is 4.79 Å². The zero-order valence-electron chi connectivity index (χ0n) is 14.2. The minimum absolute atomic E-state index is 0.0518. The molecule has 1 N–H and O–H groups in total. The highest BCUT2D eigenvalue weighted by Crippen LogP contribution is 2.28. The van der Waals surface area contributed by atoms with E-state index in [9.17, 15) is 4.79 Å². The zero-order valence-corrected chi connectivity index (χ0v) is 14.2. The maximum atomic E-state index is 12.1. The Morgan fingerprint density at radius 2 is 1.75 bits per heavy atom. The van der Waals surface area contributed by atoms with E-state index in [1.54, 1.807) is 0 Å². The van der Waals surface area contributed by atoms with E-state index < -0.39 is 0 Å². The van der Waals surface area contributed by atoms with Gasteiger partial charge in [0, 0.05) is 29.7 Å². The first-order valence-corrected chi connectivity index (χ1v) is 8.52. The molecule has 0 radical (unpaired) electrons. The Bertz CT molecular complexity index is 662. The second-order valence-electron chi connectivity index (χ2n) is 6.34. The number of rotatable bonds is 5. The first kappa shape index (κ1) is 16.5. The molecule has 0 aromatic heterocycles. The molecule has 0 spiro atoms. The molecule has 4 heteroatoms. The average Bonchev–Trinajstić information content (AvgIpc) is 3.12. The third-order valence-corrected chi connectivity index (χ3v) is 4.19. The van der Waals surface area contributed by atoms with Crippen LogP contribution in [0.3, 0.4) is 0 Å². The van der Waals surface area contributed by atoms with Gasteiger partial charge in [0.2, 0.25) is 0 Å². The molecule has 1 amide bonds. The van der Waals surface area contributed by atoms with E-state index >= 15 is 0 Å². The highest BCUT2D eigenvalue weighted by molar-refractivity contribution is 5.94. The number of ether oxygens (including phenoxy) is 1. The molecule has 0 aliphatic carbocycles. The Balaban J connectivity index is 1.74. The summed E-state index contributed by atoms with van der Waals surface area (Å²) in [5.41, 5.74) is 3.06. The second kappa shape index (κ2) is 7.49. The number of para-hydroxylation sites is 1. The van der Waals surface area contributed by atoms with Crippen molar-refractivity contribution in [1.82, 2.24) is 0 Å². The molecule has 2 aromatic rings. The Hall–Kier alpha value is -2.33. The molecule has 3 rings (SSSR count). The Labute approximate surface area is 143 Å². The van der Waals surface area contributed by atoms with Crippen molar-refractivity contribution >= 4 is 23.0 Å². The van der Waals surface area contributed by atoms with Gasteiger partial charge in [-0.1, -0.05) is 18.2 Å². The number of anilines is 3. The zero-order chi connectivity index (χ0) is 16.9. The van der Waals surface area contributed by atoms with Crippen LogP contribution in [0.15, 0.2) is 54.6 Å². The van der Waals surface area contributed by atoms with Crippen molar-refractivity contribution in [3.8, 4) is 0 Å². The van der Waals surface area contributed by atoms with Crippen molar-refractivity contribution in [3.05, 3.63) is 54.6 Å². The smallest absolute Gasteiger partial charge is 0.253 e. The summed E-state index contributed by atoms with van der Waals surface area (Å²) in [5, 5.41) is 2.94. The highest BCUT2D eigenvalue weighted by Gasteiger charge is 2.23. The summed E-state index contributed by atoms with van der Waals surface area (Å²) in [7, 11) is 0. The van der Waals surface area contributed by atoms with Gasteiger partial charge in [0.05, 0.1) is 0 Å². The third kappa shape index (κ3) is 3.77. The van der Waals surface area contributed by atoms with Gasteiger partial charge in [-0.15, -0.1) is 0 Å². The average molecular weight is 324 g/mol. The minimum atomic E-state index is -0.304. The van der Waals surface area contributed by atoms with E-state index in [0.29, 0.717) is 12.6 Å². The number of carbonyl (C=O) groups is 1. The lowest BCUT2D eigenvalue weighted by Crippen LogP contribution is -2.27. The summed E-state index contributed by atoms with van der Waals surface area (Å²) in [5.74, 6) is -0.0518. The SMILES string of the molecule is CC(C)N(c1ccccc1)c1ccc(NC(=O)[C@@H]2CCCO2)cc1. The van der Waals surface area contributed by atoms with Crippen LogP contribution in [-0.4, -0.2) is 24.7 Å². The lowest BCUT2D eigenvalue weighted by Gasteiger charge is -2.29. The van der Waals surface area contributed by atoms with Crippen molar-refractivity contribution in [2.45, 2.75) is 38.8 Å². The van der Waals surface area contributed by atoms with Gasteiger partial charge in [-0.25, -0.2) is 0 Å². The molecule has 0 bridgehead atoms. The van der Waals surface area contributed by atoms with Gasteiger partial charge >= 0.3 is 0 Å². The summed E-state index contributed by atoms with van der Waals surface area (Å²) < 4.78 is 5.42. The first-order chi connectivity index (χ1) is 11.6. The Kier molecular flexibility index (Phi) is 5.16. The molecule has 0 saturated carbocycles. The lowest BCUT2D eigenvalue weighted by molar-refractivity contribution is -0.124. The summed E-state index contributed by atoms with van der Waals surface area (Å²) in [6, 6.07) is 18.6. The maximum Gasteiger partial charge on any atom is 0.253 e. The molecule has 0 unspecified atom stereocenters. The second-order valence-corrected chi connectivity index (χ2v) is 6.34. The lowest BCUT2D eigenvalue weighted by atomic mass is 10.1. The summed E-state index contributed by atoms with van der Waals surface area (Å²) in [4.78, 5) is 14.4. The van der Waals surface area contributed by atoms with Gasteiger partial charge in [0.25, 0.3) is 5.91 Å². The van der Waals surface area contributed by atoms with Crippen molar-refractivity contribution in [1.29, 1.82) is 0 Å². The van der Waals surface area contributed by atoms with Gasteiger partial charge < -0.3 is 15.0 Å². The largest absolute Gasteiger partial charge is 0.368 e. The van der Waals surface area contributed by atoms with E-state index in [1.165, 1.54) is 0 Å². The van der Waals surface area contributed by atoms with E-state index in [2.05, 4.69) is 36.2 Å². The molecule has 1 atom stereocenters. The molecule has 4 nitrogen and oxygen atoms in total. The maximum absolute atomic E-state index is 12.1. The van der Waals surface area contributed by atoms with E-state index in [-0.39, 0.29) is 12.0 Å². The first-order valence-electron chi connectivity index (χ1n) is 8.52. The van der Waals surface area contributed by atoms with Crippen molar-refractivity contribution < 1.29 is 9.53 Å². The predicted molar refractivity (Wildman–Crippen MR) is 97.8 cm³/mol. The molecule has 126 valence electrons. The molecule has 2 aromatic carbocycles. The molecule has 1 aliphatic rings. The van der Waals surface area contributed by atoms with E-state index in [0.717, 1.165) is 29.9 Å². The highest BCUT2D eigenvalue weighted by atomic mass is 16.5. The van der Waals surface area contributed by atoms with Crippen LogP contribution in [0.2, 0.25) is 0 Å². The monoisotopic (exact) mass is 324 g/mol. The van der Waals surface area contributed by atoms with Crippen LogP contribution in [0.25, 0.3) is 0 Å². The van der Waals surface area contributed by atoms with Gasteiger partial charge in [0.15, 0.2) is 0 Å². The number of nitrogens with zero attached hydrogens (tertiary/aromatic N) is 1. The van der Waals surface area contributed by atoms with Crippen LogP contribution in [0.1, 0.15) is 26.7 Å². The number of benzene rings is 2. The van der Waals surface area contributed by atoms with E-state index in [1.807, 2.05) is 42.5 Å². The molecular weight excluding hydrogens is 300 g/mol. The van der Waals surface area contributed by atoms with Crippen molar-refractivity contribution in [3.63, 3.8) is 0 Å². The standard InChI is InChI=1S/C20H24N2O2/c1-15(2)22(17-7-4-3-5-8-17)18-12-10-16(11-13-18)21-20(23)19-9-6-14-24-19/h3-5,7-8,10-13,15,19H,6,9,14H2,1-2H3,(H,21,23)/t19-/m0/s1. The quantitative estimate of drug-likeness (QED) is 0.889. The van der Waals surface area contributed by atoms with Crippen LogP contribution in [0, 0.1) is 0 Å². The van der Waals surface area contributed by atoms with Crippen LogP contribution < -0.4 is 10.2 Å². The van der Waals surface area contributed by atoms with Gasteiger partial charge in [0.1, 0.15) is 6.10 Å². The third-order valence-electron chi connectivity index (χ3n) is 4.19. The predicted octanol–water partition coefficient (Wildman–Crippen LogP) is 4.35. The topological polar surface area (TPSA) is 41.6 Å². The molecule has 1 aliphatic heterocycles. The fraction of sp³-hybridized carbons (Fsp3) is 0.350. The van der Waals surface area contributed by atoms with Crippen LogP contribution in [0.5, 0.6) is 0 Å². The van der Waals surface area contributed by atoms with Crippen LogP contribution in [-0.2, 0) is 9.53 Å². The minimum Gasteiger partial charge on any atom is -0.368 e. The Morgan fingerprint density at radius 3 is 2.33 bits per heavy atom. The normalized spacial score (nSPS) is 17.0. The van der Waals surface area contributed by atoms with Crippen LogP contribution in [0.4, 0.5) is 17.1 Å². The summed E-state index contributed by atoms with van der Waals surface area (Å²) >= 11 is 0. The van der Waals surface area contributed by atoms with Crippen molar-refractivity contribution in [2.24, 2.45) is 0 Å². The summed E-state index contributed by atoms with van der Waals surface area (Å²) in [6.45, 7) is 5.01. The Morgan fingerprint density at radius 1 is 1.08 bits per heavy atom. The number of hydrogen-bond donors (Lipinski definition) is 1. The number of hydrogen-bond acceptors (Lipinski definition) is 3. The van der Waals surface area contributed by atoms with Gasteiger partial charge in [-0.2, -0.15) is 0 Å². The number of nitrogens with one attached hydrogen (secondary N) is 1. The molecule has 1 heterocycles. The number of amides is 1. The molecular formula is C20H24N2O2.